The van der Waals surface area contributed by atoms with E-state index in [4.69, 9.17) is 21.5 Å². The van der Waals surface area contributed by atoms with Gasteiger partial charge in [-0.2, -0.15) is 0 Å². The Kier molecular flexibility index (Phi) is 6.10. The Morgan fingerprint density at radius 1 is 1.28 bits per heavy atom. The van der Waals surface area contributed by atoms with Crippen LogP contribution in [-0.2, 0) is 14.8 Å². The molecular weight excluding hydrogens is 432 g/mol. The molecule has 3 N–H and O–H groups in total. The Hall–Kier alpha value is -1.61. The van der Waals surface area contributed by atoms with Crippen LogP contribution in [0.15, 0.2) is 45.8 Å². The molecule has 0 aliphatic carbocycles. The average molecular weight is 448 g/mol. The molecule has 1 atom stereocenters. The van der Waals surface area contributed by atoms with Crippen molar-refractivity contribution in [2.24, 2.45) is 5.14 Å². The number of nitrogens with two attached hydrogens (primary N) is 1. The lowest BCUT2D eigenvalue weighted by Crippen LogP contribution is -2.30. The van der Waals surface area contributed by atoms with Crippen molar-refractivity contribution in [1.82, 2.24) is 0 Å². The summed E-state index contributed by atoms with van der Waals surface area (Å²) in [6, 6.07) is 9.41. The summed E-state index contributed by atoms with van der Waals surface area (Å²) in [6.45, 7) is 3.19. The van der Waals surface area contributed by atoms with Crippen LogP contribution in [0.1, 0.15) is 12.5 Å². The van der Waals surface area contributed by atoms with Gasteiger partial charge in [0.15, 0.2) is 6.10 Å². The summed E-state index contributed by atoms with van der Waals surface area (Å²) in [5.41, 5.74) is 0.806. The lowest BCUT2D eigenvalue weighted by molar-refractivity contribution is -0.122. The maximum Gasteiger partial charge on any atom is 0.265 e. The van der Waals surface area contributed by atoms with Gasteiger partial charge in [0, 0.05) is 10.7 Å². The van der Waals surface area contributed by atoms with Crippen molar-refractivity contribution in [2.75, 3.05) is 5.32 Å². The third kappa shape index (κ3) is 5.18. The molecule has 2 rings (SSSR count). The molecule has 0 saturated heterocycles. The predicted octanol–water partition coefficient (Wildman–Crippen LogP) is 3.46. The largest absolute Gasteiger partial charge is 0.480 e. The first-order chi connectivity index (χ1) is 11.6. The third-order valence-corrected chi connectivity index (χ3v) is 5.24. The number of amides is 1. The Labute approximate surface area is 159 Å². The van der Waals surface area contributed by atoms with E-state index >= 15 is 0 Å². The second-order valence-corrected chi connectivity index (χ2v) is 8.17. The second-order valence-electron chi connectivity index (χ2n) is 5.35. The maximum atomic E-state index is 12.3. The number of primary sulfonamides is 1. The molecule has 0 aliphatic rings. The predicted molar refractivity (Wildman–Crippen MR) is 100 cm³/mol. The normalized spacial score (nSPS) is 12.5. The Balaban J connectivity index is 2.14. The maximum absolute atomic E-state index is 12.3. The van der Waals surface area contributed by atoms with Crippen molar-refractivity contribution in [2.45, 2.75) is 24.8 Å². The summed E-state index contributed by atoms with van der Waals surface area (Å²) in [5.74, 6) is 0.0206. The van der Waals surface area contributed by atoms with Crippen LogP contribution in [0.25, 0.3) is 0 Å². The fourth-order valence-corrected chi connectivity index (χ4v) is 3.63. The standard InChI is InChI=1S/C16H16BrClN2O4S/c1-9-3-5-12(8-15(9)25(19,22)23)20-16(21)10(2)24-14-6-4-11(18)7-13(14)17/h3-8,10H,1-2H3,(H,20,21)(H2,19,22,23). The molecule has 25 heavy (non-hydrogen) atoms. The molecular formula is C16H16BrClN2O4S. The molecule has 0 radical (unpaired) electrons. The number of anilines is 1. The number of hydrogen-bond acceptors (Lipinski definition) is 4. The van der Waals surface area contributed by atoms with E-state index in [1.165, 1.54) is 6.07 Å². The van der Waals surface area contributed by atoms with Crippen LogP contribution in [0.3, 0.4) is 0 Å². The molecule has 2 aromatic carbocycles. The van der Waals surface area contributed by atoms with Gasteiger partial charge >= 0.3 is 0 Å². The summed E-state index contributed by atoms with van der Waals surface area (Å²) in [7, 11) is -3.87. The van der Waals surface area contributed by atoms with Crippen LogP contribution in [0.2, 0.25) is 5.02 Å². The van der Waals surface area contributed by atoms with Gasteiger partial charge in [-0.25, -0.2) is 13.6 Å². The first-order valence-corrected chi connectivity index (χ1v) is 9.85. The van der Waals surface area contributed by atoms with Crippen molar-refractivity contribution in [3.8, 4) is 5.75 Å². The number of carbonyl (C=O) groups is 1. The van der Waals surface area contributed by atoms with E-state index in [2.05, 4.69) is 21.2 Å². The molecule has 0 saturated carbocycles. The molecule has 1 unspecified atom stereocenters. The molecule has 9 heteroatoms. The summed E-state index contributed by atoms with van der Waals surface area (Å²) in [5, 5.41) is 8.31. The van der Waals surface area contributed by atoms with Crippen molar-refractivity contribution < 1.29 is 17.9 Å². The Bertz CT molecular complexity index is 918. The van der Waals surface area contributed by atoms with E-state index in [1.54, 1.807) is 44.2 Å². The molecule has 2 aromatic rings. The van der Waals surface area contributed by atoms with E-state index in [-0.39, 0.29) is 4.90 Å². The van der Waals surface area contributed by atoms with Crippen LogP contribution in [-0.4, -0.2) is 20.4 Å². The quantitative estimate of drug-likeness (QED) is 0.733. The molecule has 0 aliphatic heterocycles. The molecule has 0 spiro atoms. The van der Waals surface area contributed by atoms with Gasteiger partial charge < -0.3 is 10.1 Å². The summed E-state index contributed by atoms with van der Waals surface area (Å²) in [6.07, 6.45) is -0.822. The highest BCUT2D eigenvalue weighted by molar-refractivity contribution is 9.10. The number of aryl methyl sites for hydroxylation is 1. The zero-order chi connectivity index (χ0) is 18.8. The highest BCUT2D eigenvalue weighted by Crippen LogP contribution is 2.29. The zero-order valence-corrected chi connectivity index (χ0v) is 16.6. The van der Waals surface area contributed by atoms with E-state index in [0.717, 1.165) is 0 Å². The average Bonchev–Trinajstić information content (AvgIpc) is 2.50. The molecule has 134 valence electrons. The minimum absolute atomic E-state index is 0.0423. The van der Waals surface area contributed by atoms with Gasteiger partial charge in [0.2, 0.25) is 10.0 Å². The van der Waals surface area contributed by atoms with Gasteiger partial charge in [-0.15, -0.1) is 0 Å². The van der Waals surface area contributed by atoms with Crippen molar-refractivity contribution in [3.05, 3.63) is 51.5 Å². The lowest BCUT2D eigenvalue weighted by Gasteiger charge is -2.16. The SMILES string of the molecule is Cc1ccc(NC(=O)C(C)Oc2ccc(Cl)cc2Br)cc1S(N)(=O)=O. The van der Waals surface area contributed by atoms with Crippen LogP contribution in [0, 0.1) is 6.92 Å². The number of carbonyl (C=O) groups excluding carboxylic acids is 1. The Morgan fingerprint density at radius 2 is 1.96 bits per heavy atom. The highest BCUT2D eigenvalue weighted by Gasteiger charge is 2.18. The van der Waals surface area contributed by atoms with Gasteiger partial charge in [0.1, 0.15) is 5.75 Å². The van der Waals surface area contributed by atoms with E-state index < -0.39 is 22.0 Å². The molecule has 0 aromatic heterocycles. The van der Waals surface area contributed by atoms with Crippen molar-refractivity contribution >= 4 is 49.1 Å². The van der Waals surface area contributed by atoms with Crippen LogP contribution < -0.4 is 15.2 Å². The number of benzene rings is 2. The van der Waals surface area contributed by atoms with Gasteiger partial charge in [0.25, 0.3) is 5.91 Å². The van der Waals surface area contributed by atoms with Crippen molar-refractivity contribution in [1.29, 1.82) is 0 Å². The number of halogens is 2. The molecule has 0 heterocycles. The number of nitrogens with one attached hydrogen (secondary N) is 1. The summed E-state index contributed by atoms with van der Waals surface area (Å²) in [4.78, 5) is 12.2. The second kappa shape index (κ2) is 7.74. The van der Waals surface area contributed by atoms with Crippen LogP contribution >= 0.6 is 27.5 Å². The van der Waals surface area contributed by atoms with Gasteiger partial charge in [-0.1, -0.05) is 17.7 Å². The van der Waals surface area contributed by atoms with Crippen LogP contribution in [0.5, 0.6) is 5.75 Å². The molecule has 0 bridgehead atoms. The third-order valence-electron chi connectivity index (χ3n) is 3.33. The minimum atomic E-state index is -3.87. The smallest absolute Gasteiger partial charge is 0.265 e. The number of hydrogen-bond donors (Lipinski definition) is 2. The topological polar surface area (TPSA) is 98.5 Å². The number of rotatable bonds is 5. The Morgan fingerprint density at radius 3 is 2.56 bits per heavy atom. The van der Waals surface area contributed by atoms with Gasteiger partial charge in [0.05, 0.1) is 9.37 Å². The fourth-order valence-electron chi connectivity index (χ4n) is 2.04. The summed E-state index contributed by atoms with van der Waals surface area (Å²) >= 11 is 9.17. The van der Waals surface area contributed by atoms with E-state index in [1.807, 2.05) is 0 Å². The van der Waals surface area contributed by atoms with Gasteiger partial charge in [-0.05, 0) is 65.7 Å². The number of sulfonamides is 1. The number of ether oxygens (including phenoxy) is 1. The fraction of sp³-hybridized carbons (Fsp3) is 0.188. The first-order valence-electron chi connectivity index (χ1n) is 7.14. The molecule has 1 amide bonds. The minimum Gasteiger partial charge on any atom is -0.480 e. The molecule has 0 fully saturated rings. The van der Waals surface area contributed by atoms with E-state index in [0.29, 0.717) is 26.5 Å². The van der Waals surface area contributed by atoms with Gasteiger partial charge in [-0.3, -0.25) is 4.79 Å². The zero-order valence-electron chi connectivity index (χ0n) is 13.4. The highest BCUT2D eigenvalue weighted by atomic mass is 79.9. The first kappa shape index (κ1) is 19.7. The lowest BCUT2D eigenvalue weighted by atomic mass is 10.2. The monoisotopic (exact) mass is 446 g/mol. The molecule has 6 nitrogen and oxygen atoms in total. The van der Waals surface area contributed by atoms with Crippen LogP contribution in [0.4, 0.5) is 5.69 Å². The van der Waals surface area contributed by atoms with Crippen molar-refractivity contribution in [3.63, 3.8) is 0 Å². The summed E-state index contributed by atoms with van der Waals surface area (Å²) < 4.78 is 29.3. The van der Waals surface area contributed by atoms with E-state index in [9.17, 15) is 13.2 Å².